The van der Waals surface area contributed by atoms with Gasteiger partial charge < -0.3 is 10.2 Å². The van der Waals surface area contributed by atoms with Crippen LogP contribution in [0.15, 0.2) is 48.5 Å². The van der Waals surface area contributed by atoms with Crippen LogP contribution in [0.25, 0.3) is 0 Å². The maximum Gasteiger partial charge on any atom is 0.244 e. The second kappa shape index (κ2) is 11.5. The summed E-state index contributed by atoms with van der Waals surface area (Å²) in [6, 6.07) is 13.6. The topological polar surface area (TPSA) is 86.8 Å². The molecule has 1 N–H and O–H groups in total. The second-order valence-electron chi connectivity index (χ2n) is 8.36. The fraction of sp³-hybridized carbons (Fsp3) is 0.417. The van der Waals surface area contributed by atoms with E-state index in [1.165, 1.54) is 4.90 Å². The molecule has 0 heterocycles. The number of hydrogen-bond acceptors (Lipinski definition) is 4. The normalized spacial score (nSPS) is 12.3. The van der Waals surface area contributed by atoms with Gasteiger partial charge in [-0.05, 0) is 63.4 Å². The van der Waals surface area contributed by atoms with Gasteiger partial charge in [0.15, 0.2) is 0 Å². The van der Waals surface area contributed by atoms with E-state index >= 15 is 0 Å². The summed E-state index contributed by atoms with van der Waals surface area (Å²) in [6.07, 6.45) is 1.59. The van der Waals surface area contributed by atoms with Crippen molar-refractivity contribution < 1.29 is 18.0 Å². The first-order chi connectivity index (χ1) is 15.4. The second-order valence-corrected chi connectivity index (χ2v) is 10.7. The van der Waals surface area contributed by atoms with Crippen molar-refractivity contribution in [2.75, 3.05) is 23.7 Å². The third-order valence-electron chi connectivity index (χ3n) is 5.19. The standard InChI is InChI=1S/C24H32ClN3O4S/c1-17(2)26-24(30)19(4)27(14-13-20-9-7-6-8-10-20)23(29)16-28(33(5,31)32)22-12-11-21(25)15-18(22)3/h6-12,15,17,19H,13-14,16H2,1-5H3,(H,26,30)/t19-/m0/s1. The van der Waals surface area contributed by atoms with Crippen LogP contribution in [-0.2, 0) is 26.0 Å². The Morgan fingerprint density at radius 1 is 1.06 bits per heavy atom. The van der Waals surface area contributed by atoms with Gasteiger partial charge in [0.1, 0.15) is 12.6 Å². The summed E-state index contributed by atoms with van der Waals surface area (Å²) in [5.74, 6) is -0.753. The molecule has 33 heavy (non-hydrogen) atoms. The molecule has 2 aromatic carbocycles. The highest BCUT2D eigenvalue weighted by molar-refractivity contribution is 7.92. The zero-order valence-corrected chi connectivity index (χ0v) is 21.3. The summed E-state index contributed by atoms with van der Waals surface area (Å²) in [5, 5.41) is 3.30. The fourth-order valence-electron chi connectivity index (χ4n) is 3.47. The van der Waals surface area contributed by atoms with Crippen LogP contribution in [0.4, 0.5) is 5.69 Å². The van der Waals surface area contributed by atoms with Crippen molar-refractivity contribution in [2.45, 2.75) is 46.2 Å². The zero-order valence-electron chi connectivity index (χ0n) is 19.7. The molecule has 0 unspecified atom stereocenters. The van der Waals surface area contributed by atoms with Crippen molar-refractivity contribution in [1.29, 1.82) is 0 Å². The number of benzene rings is 2. The van der Waals surface area contributed by atoms with Crippen LogP contribution in [0, 0.1) is 6.92 Å². The van der Waals surface area contributed by atoms with Gasteiger partial charge in [0.05, 0.1) is 11.9 Å². The van der Waals surface area contributed by atoms with E-state index in [0.717, 1.165) is 16.1 Å². The quantitative estimate of drug-likeness (QED) is 0.549. The van der Waals surface area contributed by atoms with Crippen LogP contribution in [0.1, 0.15) is 31.9 Å². The molecular weight excluding hydrogens is 462 g/mol. The lowest BCUT2D eigenvalue weighted by molar-refractivity contribution is -0.139. The summed E-state index contributed by atoms with van der Waals surface area (Å²) in [4.78, 5) is 27.6. The molecule has 0 radical (unpaired) electrons. The molecule has 9 heteroatoms. The third kappa shape index (κ3) is 7.75. The molecule has 7 nitrogen and oxygen atoms in total. The largest absolute Gasteiger partial charge is 0.352 e. The molecular formula is C24H32ClN3O4S. The van der Waals surface area contributed by atoms with Crippen molar-refractivity contribution in [3.8, 4) is 0 Å². The molecule has 1 atom stereocenters. The highest BCUT2D eigenvalue weighted by Gasteiger charge is 2.30. The monoisotopic (exact) mass is 493 g/mol. The minimum absolute atomic E-state index is 0.0877. The van der Waals surface area contributed by atoms with Crippen LogP contribution in [-0.4, -0.2) is 56.6 Å². The zero-order chi connectivity index (χ0) is 24.8. The van der Waals surface area contributed by atoms with Crippen LogP contribution >= 0.6 is 11.6 Å². The van der Waals surface area contributed by atoms with E-state index < -0.39 is 28.5 Å². The Morgan fingerprint density at radius 3 is 2.24 bits per heavy atom. The van der Waals surface area contributed by atoms with Crippen molar-refractivity contribution in [3.63, 3.8) is 0 Å². The van der Waals surface area contributed by atoms with Crippen molar-refractivity contribution in [2.24, 2.45) is 0 Å². The first kappa shape index (κ1) is 26.7. The van der Waals surface area contributed by atoms with Crippen LogP contribution < -0.4 is 9.62 Å². The molecule has 0 spiro atoms. The van der Waals surface area contributed by atoms with Gasteiger partial charge >= 0.3 is 0 Å². The third-order valence-corrected chi connectivity index (χ3v) is 6.55. The smallest absolute Gasteiger partial charge is 0.244 e. The number of sulfonamides is 1. The number of carbonyl (C=O) groups is 2. The Hall–Kier alpha value is -2.58. The van der Waals surface area contributed by atoms with Crippen LogP contribution in [0.2, 0.25) is 5.02 Å². The van der Waals surface area contributed by atoms with E-state index in [0.29, 0.717) is 22.7 Å². The molecule has 180 valence electrons. The number of rotatable bonds is 10. The SMILES string of the molecule is Cc1cc(Cl)ccc1N(CC(=O)N(CCc1ccccc1)[C@@H](C)C(=O)NC(C)C)S(C)(=O)=O. The number of nitrogens with zero attached hydrogens (tertiary/aromatic N) is 2. The number of hydrogen-bond donors (Lipinski definition) is 1. The first-order valence-electron chi connectivity index (χ1n) is 10.8. The molecule has 0 bridgehead atoms. The number of amides is 2. The lowest BCUT2D eigenvalue weighted by atomic mass is 10.1. The molecule has 0 aliphatic heterocycles. The van der Waals surface area contributed by atoms with Crippen molar-refractivity contribution >= 4 is 39.1 Å². The molecule has 2 amide bonds. The summed E-state index contributed by atoms with van der Waals surface area (Å²) < 4.78 is 26.3. The summed E-state index contributed by atoms with van der Waals surface area (Å²) in [5.41, 5.74) is 2.01. The van der Waals surface area contributed by atoms with Gasteiger partial charge in [-0.15, -0.1) is 0 Å². The molecule has 2 aromatic rings. The predicted octanol–water partition coefficient (Wildman–Crippen LogP) is 3.40. The van der Waals surface area contributed by atoms with E-state index in [1.54, 1.807) is 32.0 Å². The van der Waals surface area contributed by atoms with Crippen molar-refractivity contribution in [3.05, 3.63) is 64.7 Å². The average Bonchev–Trinajstić information content (AvgIpc) is 2.72. The minimum Gasteiger partial charge on any atom is -0.352 e. The molecule has 0 saturated carbocycles. The van der Waals surface area contributed by atoms with E-state index in [9.17, 15) is 18.0 Å². The Kier molecular flexibility index (Phi) is 9.31. The molecule has 0 aromatic heterocycles. The van der Waals surface area contributed by atoms with Gasteiger partial charge in [-0.2, -0.15) is 0 Å². The number of anilines is 1. The van der Waals surface area contributed by atoms with Crippen LogP contribution in [0.3, 0.4) is 0 Å². The van der Waals surface area contributed by atoms with Crippen molar-refractivity contribution in [1.82, 2.24) is 10.2 Å². The maximum atomic E-state index is 13.4. The van der Waals surface area contributed by atoms with E-state index in [4.69, 9.17) is 11.6 Å². The molecule has 0 aliphatic rings. The highest BCUT2D eigenvalue weighted by Crippen LogP contribution is 2.26. The van der Waals surface area contributed by atoms with E-state index in [1.807, 2.05) is 44.2 Å². The Labute approximate surface area is 201 Å². The number of halogens is 1. The molecule has 0 saturated heterocycles. The first-order valence-corrected chi connectivity index (χ1v) is 13.0. The Balaban J connectivity index is 2.34. The Morgan fingerprint density at radius 2 is 1.70 bits per heavy atom. The molecule has 0 aliphatic carbocycles. The summed E-state index contributed by atoms with van der Waals surface area (Å²) in [7, 11) is -3.77. The van der Waals surface area contributed by atoms with Crippen LogP contribution in [0.5, 0.6) is 0 Å². The number of nitrogens with one attached hydrogen (secondary N) is 1. The predicted molar refractivity (Wildman–Crippen MR) is 133 cm³/mol. The molecule has 2 rings (SSSR count). The minimum atomic E-state index is -3.77. The number of carbonyl (C=O) groups excluding carboxylic acids is 2. The van der Waals surface area contributed by atoms with E-state index in [2.05, 4.69) is 5.32 Å². The van der Waals surface area contributed by atoms with E-state index in [-0.39, 0.29) is 18.5 Å². The Bertz CT molecular complexity index is 1070. The highest BCUT2D eigenvalue weighted by atomic mass is 35.5. The van der Waals surface area contributed by atoms with Gasteiger partial charge in [0, 0.05) is 17.6 Å². The fourth-order valence-corrected chi connectivity index (χ4v) is 4.60. The van der Waals surface area contributed by atoms with Gasteiger partial charge in [0.2, 0.25) is 21.8 Å². The van der Waals surface area contributed by atoms with Gasteiger partial charge in [-0.3, -0.25) is 13.9 Å². The van der Waals surface area contributed by atoms with Gasteiger partial charge in [-0.1, -0.05) is 41.9 Å². The maximum absolute atomic E-state index is 13.4. The summed E-state index contributed by atoms with van der Waals surface area (Å²) >= 11 is 6.02. The lowest BCUT2D eigenvalue weighted by Crippen LogP contribution is -2.53. The van der Waals surface area contributed by atoms with Gasteiger partial charge in [-0.25, -0.2) is 8.42 Å². The number of aryl methyl sites for hydroxylation is 1. The average molecular weight is 494 g/mol. The van der Waals surface area contributed by atoms with Gasteiger partial charge in [0.25, 0.3) is 0 Å². The summed E-state index contributed by atoms with van der Waals surface area (Å²) in [6.45, 7) is 6.92. The molecule has 0 fully saturated rings. The lowest BCUT2D eigenvalue weighted by Gasteiger charge is -2.32.